The Morgan fingerprint density at radius 1 is 1.38 bits per heavy atom. The van der Waals surface area contributed by atoms with Gasteiger partial charge in [-0.2, -0.15) is 0 Å². The fraction of sp³-hybridized carbons (Fsp3) is 0.923. The minimum absolute atomic E-state index is 0.0403. The summed E-state index contributed by atoms with van der Waals surface area (Å²) in [5.74, 6) is -0.0403. The average Bonchev–Trinajstić information content (AvgIpc) is 2.82. The Balaban J connectivity index is 2.46. The maximum Gasteiger partial charge on any atom is 0.471 e. The maximum absolute atomic E-state index is 12.2. The fourth-order valence-electron chi connectivity index (χ4n) is 2.43. The molecule has 0 saturated carbocycles. The molecule has 0 aromatic rings. The Hall–Kier alpha value is -0.460. The van der Waals surface area contributed by atoms with Crippen molar-refractivity contribution in [3.05, 3.63) is 0 Å². The molecule has 1 saturated heterocycles. The highest BCUT2D eigenvalue weighted by Gasteiger charge is 2.35. The van der Waals surface area contributed by atoms with E-state index in [9.17, 15) is 19.4 Å². The Kier molecular flexibility index (Phi) is 7.84. The molecule has 0 aliphatic carbocycles. The van der Waals surface area contributed by atoms with Crippen molar-refractivity contribution in [1.29, 1.82) is 0 Å². The second-order valence-corrected chi connectivity index (χ2v) is 6.91. The number of hydrogen-bond acceptors (Lipinski definition) is 5. The van der Waals surface area contributed by atoms with Gasteiger partial charge in [-0.1, -0.05) is 26.2 Å². The molecule has 21 heavy (non-hydrogen) atoms. The number of phosphoric ester groups is 1. The minimum atomic E-state index is -4.05. The predicted molar refractivity (Wildman–Crippen MR) is 77.7 cm³/mol. The van der Waals surface area contributed by atoms with Gasteiger partial charge in [0, 0.05) is 20.1 Å². The van der Waals surface area contributed by atoms with Crippen molar-refractivity contribution in [2.45, 2.75) is 57.6 Å². The number of hydrogen-bond donors (Lipinski definition) is 2. The van der Waals surface area contributed by atoms with E-state index in [4.69, 9.17) is 4.52 Å². The van der Waals surface area contributed by atoms with Gasteiger partial charge in [-0.05, 0) is 12.8 Å². The van der Waals surface area contributed by atoms with Gasteiger partial charge in [-0.3, -0.25) is 13.8 Å². The number of nitrogens with zero attached hydrogens (tertiary/aromatic N) is 1. The minimum Gasteiger partial charge on any atom is -0.391 e. The molecule has 1 heterocycles. The van der Waals surface area contributed by atoms with Crippen molar-refractivity contribution < 1.29 is 28.4 Å². The van der Waals surface area contributed by atoms with E-state index in [1.807, 2.05) is 0 Å². The number of β-amino-alcohol motifs (C(OH)–C–C–N with tert-alkyl or cyclic N) is 1. The van der Waals surface area contributed by atoms with E-state index >= 15 is 0 Å². The summed E-state index contributed by atoms with van der Waals surface area (Å²) in [6.07, 6.45) is 4.21. The highest BCUT2D eigenvalue weighted by Crippen LogP contribution is 2.42. The summed E-state index contributed by atoms with van der Waals surface area (Å²) in [5, 5.41) is 9.70. The molecule has 0 radical (unpaired) electrons. The van der Waals surface area contributed by atoms with Crippen molar-refractivity contribution in [3.8, 4) is 0 Å². The van der Waals surface area contributed by atoms with E-state index in [1.165, 1.54) is 0 Å². The van der Waals surface area contributed by atoms with E-state index in [0.717, 1.165) is 32.8 Å². The number of aliphatic hydroxyl groups is 1. The molecule has 8 heteroatoms. The van der Waals surface area contributed by atoms with Crippen LogP contribution in [-0.4, -0.2) is 53.2 Å². The van der Waals surface area contributed by atoms with E-state index in [2.05, 4.69) is 11.4 Å². The molecule has 0 bridgehead atoms. The fourth-order valence-corrected chi connectivity index (χ4v) is 2.90. The van der Waals surface area contributed by atoms with E-state index < -0.39 is 13.9 Å². The first-order valence-corrected chi connectivity index (χ1v) is 8.89. The van der Waals surface area contributed by atoms with Crippen LogP contribution in [0.3, 0.4) is 0 Å². The largest absolute Gasteiger partial charge is 0.471 e. The Morgan fingerprint density at radius 2 is 2.10 bits per heavy atom. The molecule has 7 nitrogen and oxygen atoms in total. The zero-order valence-corrected chi connectivity index (χ0v) is 13.6. The number of carbonyl (C=O) groups is 1. The number of rotatable bonds is 9. The van der Waals surface area contributed by atoms with Crippen molar-refractivity contribution in [1.82, 2.24) is 4.90 Å². The maximum atomic E-state index is 12.2. The van der Waals surface area contributed by atoms with Gasteiger partial charge in [0.1, 0.15) is 0 Å². The van der Waals surface area contributed by atoms with Crippen LogP contribution in [-0.2, 0) is 18.4 Å². The molecule has 3 atom stereocenters. The molecule has 0 aromatic carbocycles. The predicted octanol–water partition coefficient (Wildman–Crippen LogP) is 1.68. The van der Waals surface area contributed by atoms with Crippen LogP contribution in [0.1, 0.15) is 45.4 Å². The van der Waals surface area contributed by atoms with Crippen LogP contribution >= 0.6 is 7.82 Å². The Morgan fingerprint density at radius 3 is 2.71 bits per heavy atom. The molecule has 1 aliphatic rings. The third-order valence-corrected chi connectivity index (χ3v) is 4.55. The molecule has 0 aromatic heterocycles. The summed E-state index contributed by atoms with van der Waals surface area (Å²) in [6, 6.07) is -0.380. The van der Waals surface area contributed by atoms with Crippen LogP contribution in [0.25, 0.3) is 0 Å². The van der Waals surface area contributed by atoms with Crippen LogP contribution in [0.2, 0.25) is 0 Å². The number of aliphatic hydroxyl groups excluding tert-OH is 1. The van der Waals surface area contributed by atoms with E-state index in [-0.39, 0.29) is 25.1 Å². The quantitative estimate of drug-likeness (QED) is 0.495. The Labute approximate surface area is 125 Å². The smallest absolute Gasteiger partial charge is 0.391 e. The Bertz CT molecular complexity index is 378. The number of carbonyl (C=O) groups excluding carboxylic acids is 1. The highest BCUT2D eigenvalue weighted by atomic mass is 31.2. The lowest BCUT2D eigenvalue weighted by Gasteiger charge is -2.24. The van der Waals surface area contributed by atoms with Crippen molar-refractivity contribution in [3.63, 3.8) is 0 Å². The molecule has 0 spiro atoms. The van der Waals surface area contributed by atoms with Crippen LogP contribution < -0.4 is 0 Å². The summed E-state index contributed by atoms with van der Waals surface area (Å²) in [7, 11) is -2.97. The van der Waals surface area contributed by atoms with Gasteiger partial charge in [0.05, 0.1) is 18.8 Å². The molecule has 2 unspecified atom stereocenters. The highest BCUT2D eigenvalue weighted by molar-refractivity contribution is 7.47. The van der Waals surface area contributed by atoms with Crippen molar-refractivity contribution in [2.75, 3.05) is 20.3 Å². The van der Waals surface area contributed by atoms with Gasteiger partial charge in [0.25, 0.3) is 0 Å². The topological polar surface area (TPSA) is 96.3 Å². The molecular weight excluding hydrogens is 297 g/mol. The zero-order chi connectivity index (χ0) is 15.9. The van der Waals surface area contributed by atoms with Gasteiger partial charge in [0.15, 0.2) is 0 Å². The normalized spacial score (nSPS) is 25.0. The molecule has 124 valence electrons. The lowest BCUT2D eigenvalue weighted by atomic mass is 10.1. The number of unbranched alkanes of at least 4 members (excludes halogenated alkanes) is 3. The molecule has 1 amide bonds. The first-order valence-electron chi connectivity index (χ1n) is 7.40. The van der Waals surface area contributed by atoms with Gasteiger partial charge >= 0.3 is 7.82 Å². The second-order valence-electron chi connectivity index (χ2n) is 5.35. The zero-order valence-electron chi connectivity index (χ0n) is 12.7. The van der Waals surface area contributed by atoms with Gasteiger partial charge < -0.3 is 14.9 Å². The van der Waals surface area contributed by atoms with Gasteiger partial charge in [-0.25, -0.2) is 4.57 Å². The summed E-state index contributed by atoms with van der Waals surface area (Å²) in [6.45, 7) is 2.25. The standard InChI is InChI=1S/C13H26NO6P/c1-3-4-5-6-7-13(16)14-9-12(15)8-11(14)10-20-21(17,18)19-2/h11-12,15H,3-10H2,1-2H3,(H,17,18)/t11?,12-/m1/s1. The molecular formula is C13H26NO6P. The van der Waals surface area contributed by atoms with Crippen molar-refractivity contribution in [2.24, 2.45) is 0 Å². The molecule has 1 aliphatic heterocycles. The monoisotopic (exact) mass is 323 g/mol. The third kappa shape index (κ3) is 6.45. The number of amides is 1. The number of phosphoric acid groups is 1. The lowest BCUT2D eigenvalue weighted by molar-refractivity contribution is -0.133. The van der Waals surface area contributed by atoms with Crippen LogP contribution in [0, 0.1) is 0 Å². The summed E-state index contributed by atoms with van der Waals surface area (Å²) in [4.78, 5) is 22.9. The average molecular weight is 323 g/mol. The summed E-state index contributed by atoms with van der Waals surface area (Å²) in [5.41, 5.74) is 0. The van der Waals surface area contributed by atoms with E-state index in [0.29, 0.717) is 12.8 Å². The first kappa shape index (κ1) is 18.6. The summed E-state index contributed by atoms with van der Waals surface area (Å²) < 4.78 is 20.4. The van der Waals surface area contributed by atoms with Crippen LogP contribution in [0.15, 0.2) is 0 Å². The van der Waals surface area contributed by atoms with Gasteiger partial charge in [-0.15, -0.1) is 0 Å². The molecule has 1 rings (SSSR count). The molecule has 2 N–H and O–H groups in total. The first-order chi connectivity index (χ1) is 9.89. The van der Waals surface area contributed by atoms with Crippen LogP contribution in [0.4, 0.5) is 0 Å². The molecule has 1 fully saturated rings. The lowest BCUT2D eigenvalue weighted by Crippen LogP contribution is -2.38. The number of likely N-dealkylation sites (tertiary alicyclic amines) is 1. The van der Waals surface area contributed by atoms with Crippen molar-refractivity contribution >= 4 is 13.7 Å². The third-order valence-electron chi connectivity index (χ3n) is 3.62. The summed E-state index contributed by atoms with van der Waals surface area (Å²) >= 11 is 0. The second kappa shape index (κ2) is 8.86. The van der Waals surface area contributed by atoms with Gasteiger partial charge in [0.2, 0.25) is 5.91 Å². The van der Waals surface area contributed by atoms with E-state index in [1.54, 1.807) is 4.90 Å². The SMILES string of the molecule is CCCCCCC(=O)N1C[C@H](O)CC1COP(=O)(O)OC. The van der Waals surface area contributed by atoms with Crippen LogP contribution in [0.5, 0.6) is 0 Å².